The minimum absolute atomic E-state index is 0.415. The van der Waals surface area contributed by atoms with Gasteiger partial charge in [-0.25, -0.2) is 9.78 Å². The van der Waals surface area contributed by atoms with E-state index in [0.717, 1.165) is 5.01 Å². The van der Waals surface area contributed by atoms with Crippen molar-refractivity contribution in [2.75, 3.05) is 5.32 Å². The number of nitrogens with zero attached hydrogens (tertiary/aromatic N) is 1. The molecule has 1 heterocycles. The number of para-hydroxylation sites is 1. The van der Waals surface area contributed by atoms with Crippen LogP contribution in [-0.4, -0.2) is 23.0 Å². The van der Waals surface area contributed by atoms with Crippen molar-refractivity contribution in [1.82, 2.24) is 4.98 Å². The summed E-state index contributed by atoms with van der Waals surface area (Å²) >= 11 is 7.45. The van der Waals surface area contributed by atoms with E-state index in [1.54, 1.807) is 30.3 Å². The number of esters is 1. The molecule has 0 aliphatic rings. The maximum absolute atomic E-state index is 12.0. The first-order chi connectivity index (χ1) is 11.0. The molecule has 1 unspecified atom stereocenters. The lowest BCUT2D eigenvalue weighted by Gasteiger charge is -2.13. The minimum Gasteiger partial charge on any atom is -0.449 e. The van der Waals surface area contributed by atoms with Gasteiger partial charge in [0.25, 0.3) is 5.91 Å². The Bertz CT molecular complexity index is 742. The summed E-state index contributed by atoms with van der Waals surface area (Å²) in [7, 11) is 0. The molecule has 1 N–H and O–H groups in total. The van der Waals surface area contributed by atoms with Gasteiger partial charge in [-0.2, -0.15) is 0 Å². The van der Waals surface area contributed by atoms with Crippen molar-refractivity contribution in [2.45, 2.75) is 20.0 Å². The van der Waals surface area contributed by atoms with Crippen LogP contribution in [0.2, 0.25) is 5.02 Å². The molecule has 0 radical (unpaired) electrons. The van der Waals surface area contributed by atoms with E-state index in [1.165, 1.54) is 24.3 Å². The first kappa shape index (κ1) is 17.2. The molecule has 0 aliphatic heterocycles. The molecule has 2 rings (SSSR count). The molecular formula is C16H15ClN2O3S. The lowest BCUT2D eigenvalue weighted by molar-refractivity contribution is -0.148. The Morgan fingerprint density at radius 2 is 2.13 bits per heavy atom. The zero-order chi connectivity index (χ0) is 16.8. The van der Waals surface area contributed by atoms with Crippen LogP contribution in [0, 0.1) is 6.92 Å². The Morgan fingerprint density at radius 3 is 2.78 bits per heavy atom. The van der Waals surface area contributed by atoms with Gasteiger partial charge in [0.15, 0.2) is 6.10 Å². The fraction of sp³-hybridized carbons (Fsp3) is 0.188. The standard InChI is InChI=1S/C16H15ClN2O3S/c1-10(16(21)19-14-6-4-3-5-13(14)17)22-15(20)8-7-12-9-23-11(2)18-12/h3-10H,1-2H3,(H,19,21)/b8-7+. The number of carbonyl (C=O) groups excluding carboxylic acids is 2. The second-order valence-electron chi connectivity index (χ2n) is 4.67. The van der Waals surface area contributed by atoms with Crippen molar-refractivity contribution in [2.24, 2.45) is 0 Å². The molecular weight excluding hydrogens is 336 g/mol. The van der Waals surface area contributed by atoms with Crippen molar-refractivity contribution in [1.29, 1.82) is 0 Å². The number of thiazole rings is 1. The van der Waals surface area contributed by atoms with E-state index in [-0.39, 0.29) is 0 Å². The summed E-state index contributed by atoms with van der Waals surface area (Å²) in [6.45, 7) is 3.37. The van der Waals surface area contributed by atoms with Crippen molar-refractivity contribution < 1.29 is 14.3 Å². The minimum atomic E-state index is -0.944. The van der Waals surface area contributed by atoms with Gasteiger partial charge in [-0.15, -0.1) is 11.3 Å². The van der Waals surface area contributed by atoms with Crippen LogP contribution >= 0.6 is 22.9 Å². The second kappa shape index (κ2) is 7.89. The summed E-state index contributed by atoms with van der Waals surface area (Å²) in [5.41, 5.74) is 1.15. The summed E-state index contributed by atoms with van der Waals surface area (Å²) in [6.07, 6.45) is 1.85. The van der Waals surface area contributed by atoms with Crippen molar-refractivity contribution in [3.05, 3.63) is 51.4 Å². The van der Waals surface area contributed by atoms with E-state index in [2.05, 4.69) is 10.3 Å². The van der Waals surface area contributed by atoms with Gasteiger partial charge < -0.3 is 10.1 Å². The number of ether oxygens (including phenoxy) is 1. The Labute approximate surface area is 143 Å². The van der Waals surface area contributed by atoms with Gasteiger partial charge in [0.1, 0.15) is 0 Å². The highest BCUT2D eigenvalue weighted by Crippen LogP contribution is 2.20. The molecule has 1 aromatic heterocycles. The van der Waals surface area contributed by atoms with Crippen molar-refractivity contribution >= 4 is 46.6 Å². The molecule has 1 amide bonds. The summed E-state index contributed by atoms with van der Waals surface area (Å²) in [4.78, 5) is 27.9. The molecule has 23 heavy (non-hydrogen) atoms. The van der Waals surface area contributed by atoms with Gasteiger partial charge in [-0.1, -0.05) is 23.7 Å². The highest BCUT2D eigenvalue weighted by molar-refractivity contribution is 7.09. The van der Waals surface area contributed by atoms with E-state index in [0.29, 0.717) is 16.4 Å². The Morgan fingerprint density at radius 1 is 1.39 bits per heavy atom. The number of benzene rings is 1. The highest BCUT2D eigenvalue weighted by Gasteiger charge is 2.17. The normalized spacial score (nSPS) is 12.1. The molecule has 5 nitrogen and oxygen atoms in total. The summed E-state index contributed by atoms with van der Waals surface area (Å²) in [5, 5.41) is 5.76. The number of carbonyl (C=O) groups is 2. The number of aryl methyl sites for hydroxylation is 1. The number of hydrogen-bond donors (Lipinski definition) is 1. The largest absolute Gasteiger partial charge is 0.449 e. The van der Waals surface area contributed by atoms with Crippen LogP contribution < -0.4 is 5.32 Å². The monoisotopic (exact) mass is 350 g/mol. The number of aromatic nitrogens is 1. The Hall–Kier alpha value is -2.18. The van der Waals surface area contributed by atoms with Gasteiger partial charge >= 0.3 is 5.97 Å². The van der Waals surface area contributed by atoms with Gasteiger partial charge in [-0.05, 0) is 32.1 Å². The number of amides is 1. The average Bonchev–Trinajstić information content (AvgIpc) is 2.93. The van der Waals surface area contributed by atoms with Gasteiger partial charge in [-0.3, -0.25) is 4.79 Å². The van der Waals surface area contributed by atoms with Crippen LogP contribution in [0.1, 0.15) is 17.6 Å². The van der Waals surface area contributed by atoms with Crippen LogP contribution in [0.15, 0.2) is 35.7 Å². The van der Waals surface area contributed by atoms with Crippen LogP contribution in [0.3, 0.4) is 0 Å². The van der Waals surface area contributed by atoms with E-state index >= 15 is 0 Å². The first-order valence-electron chi connectivity index (χ1n) is 6.82. The molecule has 0 spiro atoms. The fourth-order valence-corrected chi connectivity index (χ4v) is 2.44. The van der Waals surface area contributed by atoms with E-state index in [1.807, 2.05) is 12.3 Å². The maximum Gasteiger partial charge on any atom is 0.331 e. The lowest BCUT2D eigenvalue weighted by atomic mass is 10.3. The number of nitrogens with one attached hydrogen (secondary N) is 1. The third kappa shape index (κ3) is 5.19. The highest BCUT2D eigenvalue weighted by atomic mass is 35.5. The summed E-state index contributed by atoms with van der Waals surface area (Å²) < 4.78 is 5.05. The first-order valence-corrected chi connectivity index (χ1v) is 8.07. The Balaban J connectivity index is 1.89. The van der Waals surface area contributed by atoms with Crippen molar-refractivity contribution in [3.8, 4) is 0 Å². The van der Waals surface area contributed by atoms with Gasteiger partial charge in [0.2, 0.25) is 0 Å². The summed E-state index contributed by atoms with van der Waals surface area (Å²) in [6, 6.07) is 6.83. The van der Waals surface area contributed by atoms with Gasteiger partial charge in [0.05, 0.1) is 21.4 Å². The zero-order valence-electron chi connectivity index (χ0n) is 12.6. The molecule has 120 valence electrons. The molecule has 0 fully saturated rings. The SMILES string of the molecule is Cc1nc(/C=C/C(=O)OC(C)C(=O)Nc2ccccc2Cl)cs1. The van der Waals surface area contributed by atoms with Crippen LogP contribution in [-0.2, 0) is 14.3 Å². The predicted molar refractivity (Wildman–Crippen MR) is 91.5 cm³/mol. The maximum atomic E-state index is 12.0. The second-order valence-corrected chi connectivity index (χ2v) is 6.14. The van der Waals surface area contributed by atoms with Crippen LogP contribution in [0.4, 0.5) is 5.69 Å². The quantitative estimate of drug-likeness (QED) is 0.659. The molecule has 7 heteroatoms. The fourth-order valence-electron chi connectivity index (χ4n) is 1.67. The molecule has 0 bridgehead atoms. The van der Waals surface area contributed by atoms with Crippen LogP contribution in [0.25, 0.3) is 6.08 Å². The van der Waals surface area contributed by atoms with Crippen molar-refractivity contribution in [3.63, 3.8) is 0 Å². The summed E-state index contributed by atoms with van der Waals surface area (Å²) in [5.74, 6) is -1.07. The van der Waals surface area contributed by atoms with Crippen LogP contribution in [0.5, 0.6) is 0 Å². The van der Waals surface area contributed by atoms with E-state index in [4.69, 9.17) is 16.3 Å². The predicted octanol–water partition coefficient (Wildman–Crippen LogP) is 3.69. The zero-order valence-corrected chi connectivity index (χ0v) is 14.1. The number of rotatable bonds is 5. The number of anilines is 1. The molecule has 0 saturated carbocycles. The lowest BCUT2D eigenvalue weighted by Crippen LogP contribution is -2.29. The molecule has 0 saturated heterocycles. The van der Waals surface area contributed by atoms with E-state index < -0.39 is 18.0 Å². The number of hydrogen-bond acceptors (Lipinski definition) is 5. The molecule has 1 atom stereocenters. The molecule has 2 aromatic rings. The Kier molecular flexibility index (Phi) is 5.90. The van der Waals surface area contributed by atoms with E-state index in [9.17, 15) is 9.59 Å². The topological polar surface area (TPSA) is 68.3 Å². The average molecular weight is 351 g/mol. The molecule has 1 aromatic carbocycles. The van der Waals surface area contributed by atoms with Gasteiger partial charge in [0, 0.05) is 11.5 Å². The third-order valence-electron chi connectivity index (χ3n) is 2.82. The smallest absolute Gasteiger partial charge is 0.331 e. The number of halogens is 1. The third-order valence-corrected chi connectivity index (χ3v) is 3.94. The molecule has 0 aliphatic carbocycles.